The van der Waals surface area contributed by atoms with E-state index in [0.717, 1.165) is 11.1 Å². The minimum Gasteiger partial charge on any atom is -0.294 e. The van der Waals surface area contributed by atoms with Gasteiger partial charge in [-0.25, -0.2) is 13.1 Å². The van der Waals surface area contributed by atoms with Crippen LogP contribution in [0.3, 0.4) is 0 Å². The van der Waals surface area contributed by atoms with Gasteiger partial charge in [0.2, 0.25) is 10.0 Å². The molecule has 0 aromatic heterocycles. The highest BCUT2D eigenvalue weighted by Gasteiger charge is 2.24. The Kier molecular flexibility index (Phi) is 6.29. The Morgan fingerprint density at radius 2 is 1.54 bits per heavy atom. The number of Topliss-reactive ketones (excluding diaryl/α,β-unsaturated/α-hetero) is 1. The molecule has 0 aliphatic carbocycles. The van der Waals surface area contributed by atoms with Crippen molar-refractivity contribution in [3.63, 3.8) is 0 Å². The van der Waals surface area contributed by atoms with Gasteiger partial charge >= 0.3 is 0 Å². The summed E-state index contributed by atoms with van der Waals surface area (Å²) in [4.78, 5) is 12.9. The van der Waals surface area contributed by atoms with Gasteiger partial charge in [-0.15, -0.1) is 0 Å². The van der Waals surface area contributed by atoms with Crippen molar-refractivity contribution >= 4 is 27.4 Å². The van der Waals surface area contributed by atoms with Gasteiger partial charge in [0.15, 0.2) is 5.78 Å². The van der Waals surface area contributed by atoms with Crippen LogP contribution in [-0.2, 0) is 10.0 Å². The standard InChI is InChI=1S/C22H20ClNO3S/c1-16-7-13-20(14-8-16)28(26,27)24-21(17-5-3-2-4-6-17)15-22(25)18-9-11-19(23)12-10-18/h2-14,21,24H,15H2,1H3. The van der Waals surface area contributed by atoms with E-state index in [1.807, 2.05) is 25.1 Å². The fourth-order valence-corrected chi connectivity index (χ4v) is 4.18. The first-order valence-corrected chi connectivity index (χ1v) is 10.6. The lowest BCUT2D eigenvalue weighted by Gasteiger charge is -2.19. The zero-order valence-electron chi connectivity index (χ0n) is 15.3. The molecule has 0 saturated heterocycles. The molecule has 6 heteroatoms. The Hall–Kier alpha value is -2.47. The van der Waals surface area contributed by atoms with Crippen molar-refractivity contribution in [2.24, 2.45) is 0 Å². The maximum atomic E-state index is 12.9. The van der Waals surface area contributed by atoms with Crippen LogP contribution in [0.25, 0.3) is 0 Å². The van der Waals surface area contributed by atoms with Crippen LogP contribution in [0, 0.1) is 6.92 Å². The second-order valence-corrected chi connectivity index (χ2v) is 8.68. The van der Waals surface area contributed by atoms with Crippen molar-refractivity contribution in [1.29, 1.82) is 0 Å². The highest BCUT2D eigenvalue weighted by atomic mass is 35.5. The van der Waals surface area contributed by atoms with Crippen molar-refractivity contribution < 1.29 is 13.2 Å². The van der Waals surface area contributed by atoms with Gasteiger partial charge in [0.05, 0.1) is 10.9 Å². The zero-order valence-corrected chi connectivity index (χ0v) is 16.9. The number of sulfonamides is 1. The van der Waals surface area contributed by atoms with Crippen molar-refractivity contribution in [2.75, 3.05) is 0 Å². The van der Waals surface area contributed by atoms with Gasteiger partial charge in [-0.1, -0.05) is 59.6 Å². The highest BCUT2D eigenvalue weighted by Crippen LogP contribution is 2.23. The fraction of sp³-hybridized carbons (Fsp3) is 0.136. The molecule has 4 nitrogen and oxygen atoms in total. The van der Waals surface area contributed by atoms with Gasteiger partial charge in [-0.05, 0) is 48.9 Å². The van der Waals surface area contributed by atoms with Crippen LogP contribution < -0.4 is 4.72 Å². The van der Waals surface area contributed by atoms with Gasteiger partial charge in [0, 0.05) is 17.0 Å². The van der Waals surface area contributed by atoms with E-state index in [4.69, 9.17) is 11.6 Å². The van der Waals surface area contributed by atoms with Crippen molar-refractivity contribution in [3.05, 3.63) is 101 Å². The van der Waals surface area contributed by atoms with Crippen LogP contribution in [0.15, 0.2) is 83.8 Å². The molecule has 28 heavy (non-hydrogen) atoms. The number of nitrogens with one attached hydrogen (secondary N) is 1. The van der Waals surface area contributed by atoms with E-state index in [-0.39, 0.29) is 17.1 Å². The smallest absolute Gasteiger partial charge is 0.241 e. The van der Waals surface area contributed by atoms with E-state index in [0.29, 0.717) is 10.6 Å². The number of carbonyl (C=O) groups is 1. The lowest BCUT2D eigenvalue weighted by Crippen LogP contribution is -2.30. The van der Waals surface area contributed by atoms with Crippen LogP contribution in [0.1, 0.15) is 33.9 Å². The largest absolute Gasteiger partial charge is 0.294 e. The Labute approximate surface area is 170 Å². The van der Waals surface area contributed by atoms with Crippen molar-refractivity contribution in [2.45, 2.75) is 24.3 Å². The number of ketones is 1. The Morgan fingerprint density at radius 1 is 0.929 bits per heavy atom. The molecule has 0 heterocycles. The van der Waals surface area contributed by atoms with Crippen LogP contribution in [0.5, 0.6) is 0 Å². The number of benzene rings is 3. The molecule has 1 N–H and O–H groups in total. The summed E-state index contributed by atoms with van der Waals surface area (Å²) in [5.41, 5.74) is 2.18. The molecule has 3 aromatic rings. The molecule has 3 rings (SSSR count). The van der Waals surface area contributed by atoms with Crippen LogP contribution in [-0.4, -0.2) is 14.2 Å². The van der Waals surface area contributed by atoms with Gasteiger partial charge in [-0.2, -0.15) is 0 Å². The summed E-state index contributed by atoms with van der Waals surface area (Å²) < 4.78 is 28.4. The minimum atomic E-state index is -3.78. The molecular formula is C22H20ClNO3S. The van der Waals surface area contributed by atoms with E-state index in [9.17, 15) is 13.2 Å². The van der Waals surface area contributed by atoms with Gasteiger partial charge in [-0.3, -0.25) is 4.79 Å². The molecule has 1 unspecified atom stereocenters. The van der Waals surface area contributed by atoms with E-state index in [2.05, 4.69) is 4.72 Å². The summed E-state index contributed by atoms with van der Waals surface area (Å²) in [5.74, 6) is -0.169. The molecule has 0 spiro atoms. The lowest BCUT2D eigenvalue weighted by molar-refractivity contribution is 0.0972. The van der Waals surface area contributed by atoms with E-state index >= 15 is 0 Å². The summed E-state index contributed by atoms with van der Waals surface area (Å²) in [7, 11) is -3.78. The maximum absolute atomic E-state index is 12.9. The van der Waals surface area contributed by atoms with E-state index in [1.165, 1.54) is 0 Å². The number of halogens is 1. The number of hydrogen-bond donors (Lipinski definition) is 1. The molecule has 144 valence electrons. The Bertz CT molecular complexity index is 1050. The lowest BCUT2D eigenvalue weighted by atomic mass is 9.99. The molecule has 0 fully saturated rings. The van der Waals surface area contributed by atoms with Gasteiger partial charge in [0.25, 0.3) is 0 Å². The molecule has 0 aliphatic heterocycles. The predicted octanol–water partition coefficient (Wildman–Crippen LogP) is 4.94. The summed E-state index contributed by atoms with van der Waals surface area (Å²) in [6.07, 6.45) is -0.00324. The monoisotopic (exact) mass is 413 g/mol. The van der Waals surface area contributed by atoms with Crippen molar-refractivity contribution in [3.8, 4) is 0 Å². The first-order chi connectivity index (χ1) is 13.3. The Balaban J connectivity index is 1.88. The van der Waals surface area contributed by atoms with E-state index < -0.39 is 16.1 Å². The summed E-state index contributed by atoms with van der Waals surface area (Å²) in [6.45, 7) is 1.89. The third-order valence-electron chi connectivity index (χ3n) is 4.39. The minimum absolute atomic E-state index is 0.00324. The molecule has 3 aromatic carbocycles. The SMILES string of the molecule is Cc1ccc(S(=O)(=O)NC(CC(=O)c2ccc(Cl)cc2)c2ccccc2)cc1. The molecule has 0 bridgehead atoms. The summed E-state index contributed by atoms with van der Waals surface area (Å²) >= 11 is 5.88. The van der Waals surface area contributed by atoms with Crippen LogP contribution in [0.4, 0.5) is 0 Å². The second kappa shape index (κ2) is 8.69. The molecule has 0 radical (unpaired) electrons. The second-order valence-electron chi connectivity index (χ2n) is 6.53. The molecule has 0 amide bonds. The summed E-state index contributed by atoms with van der Waals surface area (Å²) in [5, 5.41) is 0.538. The average molecular weight is 414 g/mol. The third kappa shape index (κ3) is 5.07. The molecule has 0 aliphatic rings. The van der Waals surface area contributed by atoms with Crippen LogP contribution >= 0.6 is 11.6 Å². The Morgan fingerprint density at radius 3 is 2.14 bits per heavy atom. The van der Waals surface area contributed by atoms with E-state index in [1.54, 1.807) is 60.7 Å². The molecule has 1 atom stereocenters. The van der Waals surface area contributed by atoms with Gasteiger partial charge < -0.3 is 0 Å². The first-order valence-electron chi connectivity index (χ1n) is 8.78. The maximum Gasteiger partial charge on any atom is 0.241 e. The molecule has 0 saturated carbocycles. The number of rotatable bonds is 7. The quantitative estimate of drug-likeness (QED) is 0.558. The van der Waals surface area contributed by atoms with Crippen LogP contribution in [0.2, 0.25) is 5.02 Å². The van der Waals surface area contributed by atoms with Crippen molar-refractivity contribution in [1.82, 2.24) is 4.72 Å². The normalized spacial score (nSPS) is 12.5. The zero-order chi connectivity index (χ0) is 20.1. The first kappa shape index (κ1) is 20.3. The third-order valence-corrected chi connectivity index (χ3v) is 6.13. The topological polar surface area (TPSA) is 63.2 Å². The highest BCUT2D eigenvalue weighted by molar-refractivity contribution is 7.89. The van der Waals surface area contributed by atoms with Gasteiger partial charge in [0.1, 0.15) is 0 Å². The predicted molar refractivity (Wildman–Crippen MR) is 111 cm³/mol. The number of hydrogen-bond acceptors (Lipinski definition) is 3. The molecular weight excluding hydrogens is 394 g/mol. The summed E-state index contributed by atoms with van der Waals surface area (Å²) in [6, 6.07) is 21.6. The number of carbonyl (C=O) groups excluding carboxylic acids is 1. The number of aryl methyl sites for hydroxylation is 1. The average Bonchev–Trinajstić information content (AvgIpc) is 2.69. The fourth-order valence-electron chi connectivity index (χ4n) is 2.82.